The van der Waals surface area contributed by atoms with Gasteiger partial charge in [-0.05, 0) is 77.8 Å². The molecule has 3 aromatic rings. The molecule has 0 radical (unpaired) electrons. The summed E-state index contributed by atoms with van der Waals surface area (Å²) >= 11 is 0. The van der Waals surface area contributed by atoms with Gasteiger partial charge < -0.3 is 10.4 Å². The summed E-state index contributed by atoms with van der Waals surface area (Å²) in [6, 6.07) is 17.5. The van der Waals surface area contributed by atoms with Crippen molar-refractivity contribution in [2.45, 2.75) is 70.8 Å². The molecule has 3 aliphatic rings. The van der Waals surface area contributed by atoms with Gasteiger partial charge in [0.1, 0.15) is 0 Å². The number of nitrogens with one attached hydrogen (secondary N) is 1. The van der Waals surface area contributed by atoms with Crippen LogP contribution in [0.3, 0.4) is 0 Å². The van der Waals surface area contributed by atoms with Crippen LogP contribution in [0.25, 0.3) is 0 Å². The fraction of sp³-hybridized carbons (Fsp3) is 0.343. The van der Waals surface area contributed by atoms with Gasteiger partial charge in [0.15, 0.2) is 0 Å². The van der Waals surface area contributed by atoms with Crippen LogP contribution in [0.15, 0.2) is 60.7 Å². The minimum absolute atomic E-state index is 0.0137. The maximum absolute atomic E-state index is 14.6. The summed E-state index contributed by atoms with van der Waals surface area (Å²) in [5, 5.41) is 13.6. The van der Waals surface area contributed by atoms with Crippen molar-refractivity contribution in [3.63, 3.8) is 0 Å². The molecule has 0 atom stereocenters. The number of aliphatic carboxylic acids is 1. The van der Waals surface area contributed by atoms with Crippen LogP contribution in [0.2, 0.25) is 0 Å². The van der Waals surface area contributed by atoms with E-state index in [0.29, 0.717) is 39.5 Å². The first-order valence-electron chi connectivity index (χ1n) is 15.5. The summed E-state index contributed by atoms with van der Waals surface area (Å²) in [7, 11) is 0. The smallest absolute Gasteiger partial charge is 0.348 e. The molecular formula is C35H36N4O6. The predicted octanol–water partition coefficient (Wildman–Crippen LogP) is 6.22. The van der Waals surface area contributed by atoms with Crippen molar-refractivity contribution in [2.75, 3.05) is 16.5 Å². The molecule has 5 amide bonds. The molecule has 45 heavy (non-hydrogen) atoms. The standard InChI is InChI=1S/C35H36N4O6/c1-21(2)30-28-17-16-27-31(30)34(44)39(33(27)43)38(28)35(45)37(26-14-12-24(13-15-26)23-6-4-3-5-7-23)20-22-8-10-25(11-9-22)32(42)36-19-18-29(40)41/h8-17,21,23H,3-7,18-20H2,1-2H3,(H,36,42)(H,40,41). The number of fused-ring (bicyclic) bond motifs is 2. The molecule has 10 heteroatoms. The zero-order valence-corrected chi connectivity index (χ0v) is 25.4. The minimum atomic E-state index is -0.999. The van der Waals surface area contributed by atoms with E-state index in [1.54, 1.807) is 41.3 Å². The number of carbonyl (C=O) groups is 5. The molecule has 232 valence electrons. The van der Waals surface area contributed by atoms with E-state index < -0.39 is 29.7 Å². The van der Waals surface area contributed by atoms with Gasteiger partial charge in [-0.15, -0.1) is 0 Å². The van der Waals surface area contributed by atoms with Gasteiger partial charge in [-0.3, -0.25) is 24.1 Å². The molecule has 0 spiro atoms. The molecular weight excluding hydrogens is 572 g/mol. The molecule has 1 fully saturated rings. The van der Waals surface area contributed by atoms with Gasteiger partial charge in [0.25, 0.3) is 17.7 Å². The Labute approximate surface area is 261 Å². The summed E-state index contributed by atoms with van der Waals surface area (Å²) in [4.78, 5) is 66.2. The molecule has 2 heterocycles. The van der Waals surface area contributed by atoms with Crippen molar-refractivity contribution >= 4 is 41.1 Å². The molecule has 3 bridgehead atoms. The van der Waals surface area contributed by atoms with Gasteiger partial charge in [-0.1, -0.05) is 57.4 Å². The fourth-order valence-electron chi connectivity index (χ4n) is 6.65. The van der Waals surface area contributed by atoms with Crippen LogP contribution < -0.4 is 15.2 Å². The van der Waals surface area contributed by atoms with Crippen molar-refractivity contribution in [1.82, 2.24) is 10.3 Å². The number of amides is 5. The van der Waals surface area contributed by atoms with E-state index in [1.807, 2.05) is 26.0 Å². The Morgan fingerprint density at radius 1 is 0.911 bits per heavy atom. The summed E-state index contributed by atoms with van der Waals surface area (Å²) < 4.78 is 0. The summed E-state index contributed by atoms with van der Waals surface area (Å²) in [5.74, 6) is -2.02. The van der Waals surface area contributed by atoms with E-state index in [2.05, 4.69) is 17.4 Å². The van der Waals surface area contributed by atoms with Crippen LogP contribution in [0, 0.1) is 0 Å². The molecule has 10 nitrogen and oxygen atoms in total. The van der Waals surface area contributed by atoms with Crippen molar-refractivity contribution in [2.24, 2.45) is 0 Å². The number of benzene rings is 3. The van der Waals surface area contributed by atoms with Gasteiger partial charge in [0, 0.05) is 17.8 Å². The Balaban J connectivity index is 1.33. The highest BCUT2D eigenvalue weighted by molar-refractivity contribution is 6.28. The lowest BCUT2D eigenvalue weighted by Gasteiger charge is -2.38. The Hall–Kier alpha value is -4.99. The number of nitrogens with zero attached hydrogens (tertiary/aromatic N) is 3. The molecule has 1 saturated carbocycles. The number of hydrazine groups is 1. The van der Waals surface area contributed by atoms with Crippen molar-refractivity contribution in [3.8, 4) is 0 Å². The fourth-order valence-corrected chi connectivity index (χ4v) is 6.65. The minimum Gasteiger partial charge on any atom is -0.481 e. The highest BCUT2D eigenvalue weighted by atomic mass is 16.4. The number of hydrogen-bond acceptors (Lipinski definition) is 5. The molecule has 6 rings (SSSR count). The summed E-state index contributed by atoms with van der Waals surface area (Å²) in [6.07, 6.45) is 5.77. The highest BCUT2D eigenvalue weighted by Gasteiger charge is 2.50. The van der Waals surface area contributed by atoms with Gasteiger partial charge in [0.05, 0.1) is 29.8 Å². The van der Waals surface area contributed by atoms with E-state index in [-0.39, 0.29) is 25.4 Å². The zero-order chi connectivity index (χ0) is 31.8. The zero-order valence-electron chi connectivity index (χ0n) is 25.4. The lowest BCUT2D eigenvalue weighted by atomic mass is 9.84. The first kappa shape index (κ1) is 30.1. The second-order valence-corrected chi connectivity index (χ2v) is 12.2. The van der Waals surface area contributed by atoms with Gasteiger partial charge >= 0.3 is 12.0 Å². The molecule has 1 aliphatic carbocycles. The second kappa shape index (κ2) is 12.2. The third-order valence-electron chi connectivity index (χ3n) is 8.93. The number of carboxylic acid groups (broad SMARTS) is 1. The second-order valence-electron chi connectivity index (χ2n) is 12.2. The van der Waals surface area contributed by atoms with Crippen molar-refractivity contribution in [1.29, 1.82) is 0 Å². The molecule has 2 N–H and O–H groups in total. The number of hydrogen-bond donors (Lipinski definition) is 2. The normalized spacial score (nSPS) is 15.6. The van der Waals surface area contributed by atoms with E-state index >= 15 is 0 Å². The maximum Gasteiger partial charge on any atom is 0.348 e. The van der Waals surface area contributed by atoms with Crippen LogP contribution in [0.1, 0.15) is 112 Å². The quantitative estimate of drug-likeness (QED) is 0.278. The molecule has 0 aromatic heterocycles. The van der Waals surface area contributed by atoms with Crippen LogP contribution >= 0.6 is 0 Å². The lowest BCUT2D eigenvalue weighted by Crippen LogP contribution is -2.56. The summed E-state index contributed by atoms with van der Waals surface area (Å²) in [6.45, 7) is 4.00. The lowest BCUT2D eigenvalue weighted by molar-refractivity contribution is -0.136. The first-order valence-corrected chi connectivity index (χ1v) is 15.5. The Morgan fingerprint density at radius 3 is 2.24 bits per heavy atom. The van der Waals surface area contributed by atoms with Crippen molar-refractivity contribution < 1.29 is 29.1 Å². The van der Waals surface area contributed by atoms with E-state index in [0.717, 1.165) is 23.4 Å². The largest absolute Gasteiger partial charge is 0.481 e. The van der Waals surface area contributed by atoms with E-state index in [9.17, 15) is 24.0 Å². The third kappa shape index (κ3) is 5.56. The molecule has 0 saturated heterocycles. The van der Waals surface area contributed by atoms with E-state index in [1.165, 1.54) is 29.8 Å². The van der Waals surface area contributed by atoms with Crippen LogP contribution in [0.5, 0.6) is 0 Å². The first-order chi connectivity index (χ1) is 21.7. The van der Waals surface area contributed by atoms with Crippen LogP contribution in [0.4, 0.5) is 16.2 Å². The average molecular weight is 609 g/mol. The topological polar surface area (TPSA) is 127 Å². The van der Waals surface area contributed by atoms with Crippen molar-refractivity contribution in [3.05, 3.63) is 94.0 Å². The number of imide groups is 1. The third-order valence-corrected chi connectivity index (χ3v) is 8.93. The van der Waals surface area contributed by atoms with Gasteiger partial charge in [0.2, 0.25) is 0 Å². The maximum atomic E-state index is 14.6. The Kier molecular flexibility index (Phi) is 8.14. The number of carboxylic acids is 1. The molecule has 0 unspecified atom stereocenters. The summed E-state index contributed by atoms with van der Waals surface area (Å²) in [5.41, 5.74) is 4.79. The predicted molar refractivity (Wildman–Crippen MR) is 168 cm³/mol. The monoisotopic (exact) mass is 608 g/mol. The number of anilines is 2. The average Bonchev–Trinajstić information content (AvgIpc) is 3.14. The number of urea groups is 1. The highest BCUT2D eigenvalue weighted by Crippen LogP contribution is 2.44. The van der Waals surface area contributed by atoms with Crippen LogP contribution in [-0.2, 0) is 11.3 Å². The van der Waals surface area contributed by atoms with Gasteiger partial charge in [-0.25, -0.2) is 4.79 Å². The number of rotatable bonds is 9. The molecule has 3 aromatic carbocycles. The SMILES string of the molecule is CC(C)c1c2ccc3c1C(=O)N(C3=O)N2C(=O)N(Cc1ccc(C(=O)NCCC(=O)O)cc1)c1ccc(C2CCCCC2)cc1. The van der Waals surface area contributed by atoms with Gasteiger partial charge in [-0.2, -0.15) is 10.0 Å². The molecule has 2 aliphatic heterocycles. The Bertz CT molecular complexity index is 1680. The van der Waals surface area contributed by atoms with E-state index in [4.69, 9.17) is 5.11 Å². The Morgan fingerprint density at radius 2 is 1.60 bits per heavy atom. The number of carbonyl (C=O) groups excluding carboxylic acids is 4. The van der Waals surface area contributed by atoms with Crippen LogP contribution in [-0.4, -0.2) is 46.4 Å².